The number of rotatable bonds is 7. The van der Waals surface area contributed by atoms with Gasteiger partial charge in [-0.3, -0.25) is 14.9 Å². The van der Waals surface area contributed by atoms with Crippen molar-refractivity contribution >= 4 is 11.6 Å². The molecule has 0 unspecified atom stereocenters. The highest BCUT2D eigenvalue weighted by Crippen LogP contribution is 2.12. The molecule has 0 aliphatic carbocycles. The highest BCUT2D eigenvalue weighted by molar-refractivity contribution is 5.81. The van der Waals surface area contributed by atoms with Crippen LogP contribution in [0.15, 0.2) is 24.3 Å². The smallest absolute Gasteiger partial charge is 0.269 e. The van der Waals surface area contributed by atoms with Crippen molar-refractivity contribution in [3.05, 3.63) is 39.9 Å². The van der Waals surface area contributed by atoms with Crippen LogP contribution in [0.3, 0.4) is 0 Å². The van der Waals surface area contributed by atoms with Crippen LogP contribution < -0.4 is 11.1 Å². The lowest BCUT2D eigenvalue weighted by molar-refractivity contribution is -0.384. The van der Waals surface area contributed by atoms with E-state index < -0.39 is 11.0 Å². The molecule has 0 bridgehead atoms. The molecule has 0 spiro atoms. The van der Waals surface area contributed by atoms with Gasteiger partial charge in [0.2, 0.25) is 5.91 Å². The molecule has 1 amide bonds. The second kappa shape index (κ2) is 7.48. The lowest BCUT2D eigenvalue weighted by Crippen LogP contribution is -2.40. The molecule has 0 radical (unpaired) electrons. The minimum Gasteiger partial charge on any atom is -0.351 e. The van der Waals surface area contributed by atoms with E-state index in [9.17, 15) is 14.9 Å². The monoisotopic (exact) mass is 265 g/mol. The first-order valence-corrected chi connectivity index (χ1v) is 6.31. The summed E-state index contributed by atoms with van der Waals surface area (Å²) in [5.74, 6) is -0.222. The maximum absolute atomic E-state index is 11.7. The average Bonchev–Trinajstić information content (AvgIpc) is 2.42. The van der Waals surface area contributed by atoms with Crippen LogP contribution in [-0.4, -0.2) is 16.9 Å². The van der Waals surface area contributed by atoms with Crippen LogP contribution in [0.1, 0.15) is 31.7 Å². The molecule has 1 aromatic carbocycles. The third kappa shape index (κ3) is 5.05. The predicted molar refractivity (Wildman–Crippen MR) is 72.4 cm³/mol. The van der Waals surface area contributed by atoms with Crippen molar-refractivity contribution in [2.75, 3.05) is 0 Å². The van der Waals surface area contributed by atoms with Gasteiger partial charge < -0.3 is 11.1 Å². The molecule has 0 saturated carbocycles. The van der Waals surface area contributed by atoms with E-state index in [1.807, 2.05) is 6.92 Å². The number of hydrogen-bond acceptors (Lipinski definition) is 4. The van der Waals surface area contributed by atoms with Crippen LogP contribution in [0, 0.1) is 10.1 Å². The van der Waals surface area contributed by atoms with E-state index in [-0.39, 0.29) is 18.1 Å². The fraction of sp³-hybridized carbons (Fsp3) is 0.462. The number of nitrogens with one attached hydrogen (secondary N) is 1. The number of nitro benzene ring substituents is 1. The van der Waals surface area contributed by atoms with E-state index in [2.05, 4.69) is 5.32 Å². The number of carbonyl (C=O) groups is 1. The Morgan fingerprint density at radius 3 is 2.89 bits per heavy atom. The highest BCUT2D eigenvalue weighted by atomic mass is 16.6. The standard InChI is InChI=1S/C13H19N3O3/c1-2-3-7-12(14)13(17)15-9-10-5-4-6-11(8-10)16(18)19/h4-6,8,12H,2-3,7,9,14H2,1H3,(H,15,17)/t12-/m0/s1. The van der Waals surface area contributed by atoms with E-state index >= 15 is 0 Å². The van der Waals surface area contributed by atoms with Crippen LogP contribution in [0.4, 0.5) is 5.69 Å². The SMILES string of the molecule is CCCC[C@H](N)C(=O)NCc1cccc([N+](=O)[O-])c1. The topological polar surface area (TPSA) is 98.3 Å². The molecule has 0 heterocycles. The van der Waals surface area contributed by atoms with Gasteiger partial charge in [-0.25, -0.2) is 0 Å². The number of nitro groups is 1. The number of nitrogens with zero attached hydrogens (tertiary/aromatic N) is 1. The minimum atomic E-state index is -0.515. The predicted octanol–water partition coefficient (Wildman–Crippen LogP) is 1.73. The summed E-state index contributed by atoms with van der Waals surface area (Å²) in [5, 5.41) is 13.3. The van der Waals surface area contributed by atoms with Crippen molar-refractivity contribution in [2.24, 2.45) is 5.73 Å². The first kappa shape index (κ1) is 15.1. The van der Waals surface area contributed by atoms with E-state index in [0.717, 1.165) is 12.8 Å². The van der Waals surface area contributed by atoms with Crippen LogP contribution in [0.5, 0.6) is 0 Å². The molecule has 0 fully saturated rings. The van der Waals surface area contributed by atoms with Crippen molar-refractivity contribution in [2.45, 2.75) is 38.8 Å². The molecule has 1 aromatic rings. The number of non-ortho nitro benzene ring substituents is 1. The molecule has 0 aliphatic rings. The molecule has 1 rings (SSSR count). The minimum absolute atomic E-state index is 0.0158. The van der Waals surface area contributed by atoms with Gasteiger partial charge in [0.15, 0.2) is 0 Å². The van der Waals surface area contributed by atoms with E-state index in [1.165, 1.54) is 12.1 Å². The number of benzene rings is 1. The Bertz CT molecular complexity index is 449. The second-order valence-electron chi connectivity index (χ2n) is 4.39. The number of amides is 1. The Balaban J connectivity index is 2.50. The molecule has 1 atom stereocenters. The normalized spacial score (nSPS) is 11.9. The van der Waals surface area contributed by atoms with Gasteiger partial charge in [-0.1, -0.05) is 31.9 Å². The third-order valence-corrected chi connectivity index (χ3v) is 2.79. The summed E-state index contributed by atoms with van der Waals surface area (Å²) in [6.45, 7) is 2.29. The summed E-state index contributed by atoms with van der Waals surface area (Å²) >= 11 is 0. The van der Waals surface area contributed by atoms with Gasteiger partial charge in [0.05, 0.1) is 11.0 Å². The van der Waals surface area contributed by atoms with Crippen LogP contribution in [0.2, 0.25) is 0 Å². The molecule has 0 saturated heterocycles. The van der Waals surface area contributed by atoms with E-state index in [1.54, 1.807) is 12.1 Å². The Morgan fingerprint density at radius 1 is 1.53 bits per heavy atom. The maximum atomic E-state index is 11.7. The average molecular weight is 265 g/mol. The number of carbonyl (C=O) groups excluding carboxylic acids is 1. The van der Waals surface area contributed by atoms with Crippen molar-refractivity contribution < 1.29 is 9.72 Å². The Hall–Kier alpha value is -1.95. The van der Waals surface area contributed by atoms with E-state index in [0.29, 0.717) is 12.0 Å². The molecule has 0 aromatic heterocycles. The van der Waals surface area contributed by atoms with Crippen molar-refractivity contribution in [3.8, 4) is 0 Å². The third-order valence-electron chi connectivity index (χ3n) is 2.79. The van der Waals surface area contributed by atoms with Gasteiger partial charge in [0.1, 0.15) is 0 Å². The van der Waals surface area contributed by atoms with Crippen LogP contribution in [0.25, 0.3) is 0 Å². The number of hydrogen-bond donors (Lipinski definition) is 2. The fourth-order valence-electron chi connectivity index (χ4n) is 1.66. The highest BCUT2D eigenvalue weighted by Gasteiger charge is 2.12. The van der Waals surface area contributed by atoms with Gasteiger partial charge in [0, 0.05) is 18.7 Å². The van der Waals surface area contributed by atoms with Crippen molar-refractivity contribution in [3.63, 3.8) is 0 Å². The zero-order chi connectivity index (χ0) is 14.3. The summed E-state index contributed by atoms with van der Waals surface area (Å²) in [7, 11) is 0. The van der Waals surface area contributed by atoms with Gasteiger partial charge in [-0.05, 0) is 12.0 Å². The summed E-state index contributed by atoms with van der Waals surface area (Å²) in [4.78, 5) is 21.8. The Labute approximate surface area is 112 Å². The largest absolute Gasteiger partial charge is 0.351 e. The van der Waals surface area contributed by atoms with Gasteiger partial charge in [-0.2, -0.15) is 0 Å². The van der Waals surface area contributed by atoms with E-state index in [4.69, 9.17) is 5.73 Å². The lowest BCUT2D eigenvalue weighted by Gasteiger charge is -2.11. The molecule has 3 N–H and O–H groups in total. The summed E-state index contributed by atoms with van der Waals surface area (Å²) in [5.41, 5.74) is 6.43. The molecule has 0 aliphatic heterocycles. The molecular formula is C13H19N3O3. The molecule has 6 heteroatoms. The molecule has 104 valence electrons. The van der Waals surface area contributed by atoms with Crippen LogP contribution in [-0.2, 0) is 11.3 Å². The molecular weight excluding hydrogens is 246 g/mol. The number of unbranched alkanes of at least 4 members (excludes halogenated alkanes) is 1. The van der Waals surface area contributed by atoms with Gasteiger partial charge in [-0.15, -0.1) is 0 Å². The fourth-order valence-corrected chi connectivity index (χ4v) is 1.66. The summed E-state index contributed by atoms with van der Waals surface area (Å²) < 4.78 is 0. The summed E-state index contributed by atoms with van der Waals surface area (Å²) in [6, 6.07) is 5.66. The van der Waals surface area contributed by atoms with Gasteiger partial charge >= 0.3 is 0 Å². The number of nitrogens with two attached hydrogens (primary N) is 1. The second-order valence-corrected chi connectivity index (χ2v) is 4.39. The van der Waals surface area contributed by atoms with Crippen molar-refractivity contribution in [1.29, 1.82) is 0 Å². The summed E-state index contributed by atoms with van der Waals surface area (Å²) in [6.07, 6.45) is 2.55. The zero-order valence-corrected chi connectivity index (χ0v) is 11.0. The Kier molecular flexibility index (Phi) is 5.95. The quantitative estimate of drug-likeness (QED) is 0.579. The molecule has 6 nitrogen and oxygen atoms in total. The van der Waals surface area contributed by atoms with Crippen molar-refractivity contribution in [1.82, 2.24) is 5.32 Å². The van der Waals surface area contributed by atoms with Crippen LogP contribution >= 0.6 is 0 Å². The lowest BCUT2D eigenvalue weighted by atomic mass is 10.1. The Morgan fingerprint density at radius 2 is 2.26 bits per heavy atom. The maximum Gasteiger partial charge on any atom is 0.269 e. The van der Waals surface area contributed by atoms with Gasteiger partial charge in [0.25, 0.3) is 5.69 Å². The molecule has 19 heavy (non-hydrogen) atoms. The first-order chi connectivity index (χ1) is 9.04. The first-order valence-electron chi connectivity index (χ1n) is 6.31. The zero-order valence-electron chi connectivity index (χ0n) is 11.0.